The molecular formula is C15H13F3N4O6. The number of carbonyl (C=O) groups excluding carboxylic acids is 2. The fourth-order valence-electron chi connectivity index (χ4n) is 1.98. The van der Waals surface area contributed by atoms with Gasteiger partial charge in [-0.25, -0.2) is 0 Å². The number of anilines is 2. The molecule has 0 saturated heterocycles. The van der Waals surface area contributed by atoms with Crippen LogP contribution in [0.15, 0.2) is 28.8 Å². The minimum Gasteiger partial charge on any atom is -0.454 e. The summed E-state index contributed by atoms with van der Waals surface area (Å²) in [6.45, 7) is 0.332. The van der Waals surface area contributed by atoms with Crippen molar-refractivity contribution in [2.75, 3.05) is 23.8 Å². The summed E-state index contributed by atoms with van der Waals surface area (Å²) in [4.78, 5) is 33.2. The first kappa shape index (κ1) is 20.7. The average Bonchev–Trinajstić information content (AvgIpc) is 3.01. The summed E-state index contributed by atoms with van der Waals surface area (Å²) >= 11 is 0. The molecule has 0 aliphatic heterocycles. The first-order chi connectivity index (χ1) is 13.1. The molecule has 0 bridgehead atoms. The van der Waals surface area contributed by atoms with Crippen LogP contribution in [0.25, 0.3) is 0 Å². The molecule has 1 heterocycles. The smallest absolute Gasteiger partial charge is 0.416 e. The van der Waals surface area contributed by atoms with Crippen LogP contribution in [-0.2, 0) is 20.5 Å². The maximum Gasteiger partial charge on any atom is 0.416 e. The van der Waals surface area contributed by atoms with Crippen molar-refractivity contribution < 1.29 is 36.9 Å². The van der Waals surface area contributed by atoms with E-state index in [1.165, 1.54) is 6.07 Å². The number of halogens is 3. The predicted molar refractivity (Wildman–Crippen MR) is 87.4 cm³/mol. The quantitative estimate of drug-likeness (QED) is 0.409. The standard InChI is InChI=1S/C15H13F3N4O6/c1-8-4-12(21-28-8)20-13(23)7-27-14(24)6-19-10-3-2-9(15(16,17)18)5-11(10)22(25)26/h2-5,19H,6-7H2,1H3,(H,20,21,23). The molecule has 2 rings (SSSR count). The van der Waals surface area contributed by atoms with Gasteiger partial charge in [0.1, 0.15) is 18.0 Å². The van der Waals surface area contributed by atoms with E-state index in [0.717, 1.165) is 6.07 Å². The predicted octanol–water partition coefficient (Wildman–Crippen LogP) is 2.50. The molecule has 2 aromatic rings. The highest BCUT2D eigenvalue weighted by atomic mass is 19.4. The van der Waals surface area contributed by atoms with Crippen LogP contribution in [-0.4, -0.2) is 35.1 Å². The van der Waals surface area contributed by atoms with Crippen molar-refractivity contribution in [2.45, 2.75) is 13.1 Å². The molecule has 150 valence electrons. The molecule has 0 aliphatic carbocycles. The van der Waals surface area contributed by atoms with E-state index in [9.17, 15) is 32.9 Å². The Morgan fingerprint density at radius 3 is 2.61 bits per heavy atom. The van der Waals surface area contributed by atoms with Gasteiger partial charge in [0.05, 0.1) is 10.5 Å². The van der Waals surface area contributed by atoms with Gasteiger partial charge >= 0.3 is 12.1 Å². The minimum absolute atomic E-state index is 0.122. The second kappa shape index (κ2) is 8.37. The molecule has 13 heteroatoms. The number of nitrogens with one attached hydrogen (secondary N) is 2. The van der Waals surface area contributed by atoms with Crippen LogP contribution < -0.4 is 10.6 Å². The zero-order valence-electron chi connectivity index (χ0n) is 14.2. The Morgan fingerprint density at radius 1 is 1.32 bits per heavy atom. The summed E-state index contributed by atoms with van der Waals surface area (Å²) in [7, 11) is 0. The number of nitro benzene ring substituents is 1. The van der Waals surface area contributed by atoms with E-state index in [-0.39, 0.29) is 11.5 Å². The molecule has 0 unspecified atom stereocenters. The number of benzene rings is 1. The van der Waals surface area contributed by atoms with Crippen LogP contribution in [0.4, 0.5) is 30.4 Å². The largest absolute Gasteiger partial charge is 0.454 e. The summed E-state index contributed by atoms with van der Waals surface area (Å²) in [5.74, 6) is -1.09. The topological polar surface area (TPSA) is 137 Å². The molecule has 0 aliphatic rings. The lowest BCUT2D eigenvalue weighted by Crippen LogP contribution is -2.24. The number of ether oxygens (including phenoxy) is 1. The molecule has 0 fully saturated rings. The monoisotopic (exact) mass is 402 g/mol. The molecule has 1 amide bonds. The second-order valence-corrected chi connectivity index (χ2v) is 5.37. The van der Waals surface area contributed by atoms with E-state index in [1.807, 2.05) is 0 Å². The van der Waals surface area contributed by atoms with E-state index in [1.54, 1.807) is 6.92 Å². The fourth-order valence-corrected chi connectivity index (χ4v) is 1.98. The third-order valence-corrected chi connectivity index (χ3v) is 3.20. The molecule has 10 nitrogen and oxygen atoms in total. The first-order valence-electron chi connectivity index (χ1n) is 7.54. The third-order valence-electron chi connectivity index (χ3n) is 3.20. The first-order valence-corrected chi connectivity index (χ1v) is 7.54. The van der Waals surface area contributed by atoms with Crippen molar-refractivity contribution in [2.24, 2.45) is 0 Å². The molecular weight excluding hydrogens is 389 g/mol. The van der Waals surface area contributed by atoms with Gasteiger partial charge in [-0.1, -0.05) is 5.16 Å². The third kappa shape index (κ3) is 5.69. The van der Waals surface area contributed by atoms with E-state index in [0.29, 0.717) is 17.9 Å². The molecule has 1 aromatic carbocycles. The van der Waals surface area contributed by atoms with Crippen molar-refractivity contribution in [3.63, 3.8) is 0 Å². The maximum atomic E-state index is 12.6. The van der Waals surface area contributed by atoms with Gasteiger partial charge in [-0.3, -0.25) is 19.7 Å². The Bertz CT molecular complexity index is 896. The van der Waals surface area contributed by atoms with Gasteiger partial charge in [0, 0.05) is 12.1 Å². The zero-order valence-corrected chi connectivity index (χ0v) is 14.2. The Labute approximate surface area is 154 Å². The van der Waals surface area contributed by atoms with Gasteiger partial charge in [0.15, 0.2) is 12.4 Å². The van der Waals surface area contributed by atoms with Crippen LogP contribution in [0.1, 0.15) is 11.3 Å². The number of aryl methyl sites for hydroxylation is 1. The van der Waals surface area contributed by atoms with Crippen LogP contribution >= 0.6 is 0 Å². The van der Waals surface area contributed by atoms with Crippen LogP contribution in [0, 0.1) is 17.0 Å². The van der Waals surface area contributed by atoms with E-state index in [4.69, 9.17) is 4.52 Å². The molecule has 28 heavy (non-hydrogen) atoms. The number of rotatable bonds is 7. The summed E-state index contributed by atoms with van der Waals surface area (Å²) in [5.41, 5.74) is -2.37. The normalized spacial score (nSPS) is 11.0. The lowest BCUT2D eigenvalue weighted by atomic mass is 10.1. The fraction of sp³-hybridized carbons (Fsp3) is 0.267. The van der Waals surface area contributed by atoms with Gasteiger partial charge < -0.3 is 19.9 Å². The van der Waals surface area contributed by atoms with Gasteiger partial charge in [-0.15, -0.1) is 0 Å². The van der Waals surface area contributed by atoms with Gasteiger partial charge in [0.2, 0.25) is 0 Å². The zero-order chi connectivity index (χ0) is 20.9. The lowest BCUT2D eigenvalue weighted by Gasteiger charge is -2.10. The van der Waals surface area contributed by atoms with E-state index < -0.39 is 47.4 Å². The Hall–Kier alpha value is -3.64. The maximum absolute atomic E-state index is 12.6. The highest BCUT2D eigenvalue weighted by Gasteiger charge is 2.33. The van der Waals surface area contributed by atoms with Crippen molar-refractivity contribution in [1.82, 2.24) is 5.16 Å². The Kier molecular flexibility index (Phi) is 6.18. The number of nitro groups is 1. The Balaban J connectivity index is 1.89. The molecule has 0 saturated carbocycles. The molecule has 2 N–H and O–H groups in total. The summed E-state index contributed by atoms with van der Waals surface area (Å²) < 4.78 is 47.3. The average molecular weight is 402 g/mol. The second-order valence-electron chi connectivity index (χ2n) is 5.37. The number of carbonyl (C=O) groups is 2. The number of aromatic nitrogens is 1. The SMILES string of the molecule is Cc1cc(NC(=O)COC(=O)CNc2ccc(C(F)(F)F)cc2[N+](=O)[O-])no1. The van der Waals surface area contributed by atoms with Gasteiger partial charge in [0.25, 0.3) is 11.6 Å². The van der Waals surface area contributed by atoms with Crippen molar-refractivity contribution >= 4 is 29.1 Å². The number of hydrogen-bond donors (Lipinski definition) is 2. The molecule has 0 radical (unpaired) electrons. The molecule has 0 spiro atoms. The lowest BCUT2D eigenvalue weighted by molar-refractivity contribution is -0.384. The number of alkyl halides is 3. The van der Waals surface area contributed by atoms with Crippen molar-refractivity contribution in [3.8, 4) is 0 Å². The highest BCUT2D eigenvalue weighted by molar-refractivity contribution is 5.92. The highest BCUT2D eigenvalue weighted by Crippen LogP contribution is 2.34. The summed E-state index contributed by atoms with van der Waals surface area (Å²) in [6, 6.07) is 3.24. The van der Waals surface area contributed by atoms with Crippen molar-refractivity contribution in [1.29, 1.82) is 0 Å². The van der Waals surface area contributed by atoms with Crippen LogP contribution in [0.3, 0.4) is 0 Å². The number of esters is 1. The molecule has 0 atom stereocenters. The molecule has 1 aromatic heterocycles. The number of nitrogens with zero attached hydrogens (tertiary/aromatic N) is 2. The van der Waals surface area contributed by atoms with Crippen LogP contribution in [0.2, 0.25) is 0 Å². The van der Waals surface area contributed by atoms with Gasteiger partial charge in [-0.2, -0.15) is 13.2 Å². The van der Waals surface area contributed by atoms with Gasteiger partial charge in [-0.05, 0) is 19.1 Å². The van der Waals surface area contributed by atoms with Crippen molar-refractivity contribution in [3.05, 3.63) is 45.7 Å². The summed E-state index contributed by atoms with van der Waals surface area (Å²) in [5, 5.41) is 19.1. The number of amides is 1. The minimum atomic E-state index is -4.75. The summed E-state index contributed by atoms with van der Waals surface area (Å²) in [6.07, 6.45) is -4.75. The Morgan fingerprint density at radius 2 is 2.04 bits per heavy atom. The number of hydrogen-bond acceptors (Lipinski definition) is 8. The van der Waals surface area contributed by atoms with Crippen LogP contribution in [0.5, 0.6) is 0 Å². The van der Waals surface area contributed by atoms with E-state index in [2.05, 4.69) is 20.5 Å². The van der Waals surface area contributed by atoms with E-state index >= 15 is 0 Å².